The molecule has 0 amide bonds. The second-order valence-corrected chi connectivity index (χ2v) is 13.4. The van der Waals surface area contributed by atoms with Gasteiger partial charge < -0.3 is 16.9 Å². The number of halogens is 2. The molecule has 0 radical (unpaired) electrons. The van der Waals surface area contributed by atoms with Crippen molar-refractivity contribution in [3.63, 3.8) is 0 Å². The van der Waals surface area contributed by atoms with Crippen LogP contribution in [0.25, 0.3) is 0 Å². The second-order valence-electron chi connectivity index (χ2n) is 13.0. The van der Waals surface area contributed by atoms with Crippen LogP contribution in [-0.4, -0.2) is 37.0 Å². The summed E-state index contributed by atoms with van der Waals surface area (Å²) in [5.74, 6) is 0.825. The number of alkyl halides is 1. The van der Waals surface area contributed by atoms with E-state index in [1.807, 2.05) is 0 Å². The first-order valence-corrected chi connectivity index (χ1v) is 18.6. The summed E-state index contributed by atoms with van der Waals surface area (Å²) in [5.41, 5.74) is 0. The summed E-state index contributed by atoms with van der Waals surface area (Å²) in [6, 6.07) is 0. The van der Waals surface area contributed by atoms with Gasteiger partial charge in [-0.05, 0) is 25.7 Å². The van der Waals surface area contributed by atoms with Crippen molar-refractivity contribution in [2.45, 2.75) is 200 Å². The largest absolute Gasteiger partial charge is 1.00 e. The summed E-state index contributed by atoms with van der Waals surface area (Å²) in [6.45, 7) is 8.63. The van der Waals surface area contributed by atoms with Crippen LogP contribution in [0.2, 0.25) is 0 Å². The van der Waals surface area contributed by atoms with Gasteiger partial charge in [-0.2, -0.15) is 0 Å². The third-order valence-electron chi connectivity index (χ3n) is 8.93. The van der Waals surface area contributed by atoms with Gasteiger partial charge in [0.05, 0.1) is 26.7 Å². The molecule has 0 saturated carbocycles. The maximum atomic E-state index is 6.08. The van der Waals surface area contributed by atoms with Crippen molar-refractivity contribution in [3.8, 4) is 0 Å². The quantitative estimate of drug-likeness (QED) is 0.0404. The van der Waals surface area contributed by atoms with E-state index in [9.17, 15) is 0 Å². The average molecular weight is 593 g/mol. The molecule has 0 saturated heterocycles. The Labute approximate surface area is 260 Å². The summed E-state index contributed by atoms with van der Waals surface area (Å²) in [7, 11) is 2.51. The van der Waals surface area contributed by atoms with E-state index in [0.29, 0.717) is 0 Å². The van der Waals surface area contributed by atoms with E-state index in [1.165, 1.54) is 210 Å². The third-order valence-corrected chi connectivity index (χ3v) is 9.20. The van der Waals surface area contributed by atoms with Gasteiger partial charge in [-0.1, -0.05) is 168 Å². The first-order chi connectivity index (χ1) is 18.7. The van der Waals surface area contributed by atoms with Crippen molar-refractivity contribution in [1.29, 1.82) is 0 Å². The van der Waals surface area contributed by atoms with Crippen molar-refractivity contribution in [3.05, 3.63) is 0 Å². The highest BCUT2D eigenvalue weighted by Crippen LogP contribution is 2.17. The Morgan fingerprint density at radius 3 is 0.769 bits per heavy atom. The number of unbranched alkanes of at least 4 members (excludes halogenated alkanes) is 26. The molecule has 0 bridgehead atoms. The molecule has 0 rings (SSSR count). The lowest BCUT2D eigenvalue weighted by Gasteiger charge is -2.35. The molecule has 0 fully saturated rings. The van der Waals surface area contributed by atoms with Crippen LogP contribution in [0.15, 0.2) is 0 Å². The lowest BCUT2D eigenvalue weighted by atomic mass is 10.0. The zero-order valence-electron chi connectivity index (χ0n) is 27.5. The van der Waals surface area contributed by atoms with Crippen LogP contribution in [-0.2, 0) is 0 Å². The zero-order valence-corrected chi connectivity index (χ0v) is 29.0. The molecule has 0 aliphatic heterocycles. The Kier molecular flexibility index (Phi) is 37.1. The zero-order chi connectivity index (χ0) is 27.8. The molecule has 39 heavy (non-hydrogen) atoms. The number of hydrogen-bond donors (Lipinski definition) is 0. The molecular weight excluding hydrogens is 517 g/mol. The van der Waals surface area contributed by atoms with Crippen molar-refractivity contribution in [2.24, 2.45) is 0 Å². The standard InChI is InChI=1S/C36H75ClN.ClH/c1-4-6-8-10-12-14-16-18-20-22-24-26-28-30-34-38(3,36-32-33-37)35-31-29-27-25-23-21-19-17-15-13-11-9-7-5-2;/h4-36H2,1-3H3;1H/q+1;/p-1. The van der Waals surface area contributed by atoms with E-state index in [0.717, 1.165) is 5.88 Å². The third kappa shape index (κ3) is 32.9. The van der Waals surface area contributed by atoms with Crippen LogP contribution in [0, 0.1) is 0 Å². The summed E-state index contributed by atoms with van der Waals surface area (Å²) in [6.07, 6.45) is 41.8. The molecule has 0 heterocycles. The molecule has 1 nitrogen and oxygen atoms in total. The van der Waals surface area contributed by atoms with Crippen LogP contribution in [0.3, 0.4) is 0 Å². The fraction of sp³-hybridized carbons (Fsp3) is 1.00. The summed E-state index contributed by atoms with van der Waals surface area (Å²) in [4.78, 5) is 0. The number of quaternary nitrogens is 1. The fourth-order valence-corrected chi connectivity index (χ4v) is 6.27. The van der Waals surface area contributed by atoms with Crippen molar-refractivity contribution in [2.75, 3.05) is 32.6 Å². The Hall–Kier alpha value is 0.540. The van der Waals surface area contributed by atoms with Gasteiger partial charge >= 0.3 is 0 Å². The molecule has 0 aliphatic rings. The first-order valence-electron chi connectivity index (χ1n) is 18.1. The van der Waals surface area contributed by atoms with Gasteiger partial charge in [0.25, 0.3) is 0 Å². The topological polar surface area (TPSA) is 0 Å². The molecule has 0 aromatic carbocycles. The predicted octanol–water partition coefficient (Wildman–Crippen LogP) is 10.0. The van der Waals surface area contributed by atoms with Gasteiger partial charge in [-0.15, -0.1) is 11.6 Å². The Balaban J connectivity index is 0. The van der Waals surface area contributed by atoms with Gasteiger partial charge in [-0.25, -0.2) is 0 Å². The molecule has 0 aromatic rings. The lowest BCUT2D eigenvalue weighted by molar-refractivity contribution is -0.910. The minimum atomic E-state index is 0. The van der Waals surface area contributed by atoms with Crippen LogP contribution in [0.1, 0.15) is 200 Å². The molecule has 0 spiro atoms. The predicted molar refractivity (Wildman–Crippen MR) is 177 cm³/mol. The minimum absolute atomic E-state index is 0. The highest BCUT2D eigenvalue weighted by Gasteiger charge is 2.19. The van der Waals surface area contributed by atoms with Crippen molar-refractivity contribution < 1.29 is 16.9 Å². The normalized spacial score (nSPS) is 11.7. The minimum Gasteiger partial charge on any atom is -1.00 e. The van der Waals surface area contributed by atoms with Gasteiger partial charge in [-0.3, -0.25) is 0 Å². The van der Waals surface area contributed by atoms with E-state index in [1.54, 1.807) is 0 Å². The van der Waals surface area contributed by atoms with E-state index < -0.39 is 0 Å². The first kappa shape index (κ1) is 41.7. The van der Waals surface area contributed by atoms with Gasteiger partial charge in [0.1, 0.15) is 0 Å². The van der Waals surface area contributed by atoms with E-state index >= 15 is 0 Å². The molecule has 238 valence electrons. The highest BCUT2D eigenvalue weighted by atomic mass is 35.5. The van der Waals surface area contributed by atoms with Crippen LogP contribution in [0.5, 0.6) is 0 Å². The second kappa shape index (κ2) is 34.7. The SMILES string of the molecule is CCCCCCCCCCCCCCCC[N+](C)(CCCCl)CCCCCCCCCCCCCCCC.[Cl-]. The molecule has 0 aromatic heterocycles. The van der Waals surface area contributed by atoms with Crippen molar-refractivity contribution >= 4 is 11.6 Å². The van der Waals surface area contributed by atoms with Gasteiger partial charge in [0, 0.05) is 12.3 Å². The average Bonchev–Trinajstić information content (AvgIpc) is 2.92. The summed E-state index contributed by atoms with van der Waals surface area (Å²) < 4.78 is 1.27. The summed E-state index contributed by atoms with van der Waals surface area (Å²) in [5, 5.41) is 0. The lowest BCUT2D eigenvalue weighted by Crippen LogP contribution is -3.00. The smallest absolute Gasteiger partial charge is 0.0796 e. The maximum absolute atomic E-state index is 6.08. The molecule has 0 aliphatic carbocycles. The van der Waals surface area contributed by atoms with Crippen LogP contribution >= 0.6 is 11.6 Å². The Morgan fingerprint density at radius 1 is 0.333 bits per heavy atom. The van der Waals surface area contributed by atoms with Gasteiger partial charge in [0.15, 0.2) is 0 Å². The van der Waals surface area contributed by atoms with E-state index in [2.05, 4.69) is 20.9 Å². The van der Waals surface area contributed by atoms with Gasteiger partial charge in [0.2, 0.25) is 0 Å². The molecule has 3 heteroatoms. The molecule has 0 N–H and O–H groups in total. The molecular formula is C36H75Cl2N. The van der Waals surface area contributed by atoms with Crippen molar-refractivity contribution in [1.82, 2.24) is 0 Å². The van der Waals surface area contributed by atoms with E-state index in [4.69, 9.17) is 11.6 Å². The Bertz CT molecular complexity index is 396. The monoisotopic (exact) mass is 592 g/mol. The van der Waals surface area contributed by atoms with Crippen LogP contribution in [0.4, 0.5) is 0 Å². The Morgan fingerprint density at radius 2 is 0.538 bits per heavy atom. The maximum Gasteiger partial charge on any atom is 0.0796 e. The number of nitrogens with zero attached hydrogens (tertiary/aromatic N) is 1. The highest BCUT2D eigenvalue weighted by molar-refractivity contribution is 6.17. The molecule has 0 atom stereocenters. The summed E-state index contributed by atoms with van der Waals surface area (Å²) >= 11 is 6.08. The number of rotatable bonds is 33. The van der Waals surface area contributed by atoms with E-state index in [-0.39, 0.29) is 12.4 Å². The number of hydrogen-bond acceptors (Lipinski definition) is 0. The van der Waals surface area contributed by atoms with Crippen LogP contribution < -0.4 is 12.4 Å². The fourth-order valence-electron chi connectivity index (χ4n) is 6.15. The molecule has 0 unspecified atom stereocenters.